The van der Waals surface area contributed by atoms with E-state index in [4.69, 9.17) is 29.0 Å². The standard InChI is InChI=1S/C18H17NO3.C16H15NO2.2C2H5.Al.ClH/c1-12(20)17-11-19(13-4-6-14(21-2)7-5-13)18-9-8-15(22-3)10-16(17)18;1-18-14-5-3-13(4-6-14)17-10-9-12-11-15(19-2)7-8-16(12)17;2*1-2;;/h4-11H,1-3H3;3-11H,1-2H3;2*1H2,2H3;;1H/q;;;;+1;/p-1. The summed E-state index contributed by atoms with van der Waals surface area (Å²) < 4.78 is 25.0. The maximum Gasteiger partial charge on any atom is 0.399 e. The van der Waals surface area contributed by atoms with E-state index < -0.39 is 13.2 Å². The molecule has 0 aliphatic rings. The average molecular weight is 669 g/mol. The number of carbonyl (C=O) groups excluding carboxylic acids is 1. The lowest BCUT2D eigenvalue weighted by molar-refractivity contribution is 0.101. The first-order chi connectivity index (χ1) is 22.8. The Balaban J connectivity index is 0.000000183. The number of rotatable bonds is 9. The number of halogens is 1. The predicted molar refractivity (Wildman–Crippen MR) is 195 cm³/mol. The zero-order valence-electron chi connectivity index (χ0n) is 28.1. The molecule has 0 saturated carbocycles. The summed E-state index contributed by atoms with van der Waals surface area (Å²) >= 11 is -0.688. The van der Waals surface area contributed by atoms with Crippen molar-refractivity contribution in [2.45, 2.75) is 31.3 Å². The average Bonchev–Trinajstić information content (AvgIpc) is 3.73. The highest BCUT2D eigenvalue weighted by atomic mass is 35.6. The van der Waals surface area contributed by atoms with Crippen LogP contribution in [-0.4, -0.2) is 56.6 Å². The fraction of sp³-hybridized carbons (Fsp3) is 0.237. The Morgan fingerprint density at radius 3 is 1.57 bits per heavy atom. The molecule has 0 spiro atoms. The number of hydrogen-bond donors (Lipinski definition) is 0. The van der Waals surface area contributed by atoms with Gasteiger partial charge in [-0.15, -0.1) is 0 Å². The van der Waals surface area contributed by atoms with Gasteiger partial charge in [0, 0.05) is 40.1 Å². The molecule has 0 bridgehead atoms. The summed E-state index contributed by atoms with van der Waals surface area (Å²) in [6.07, 6.45) is 3.93. The number of carbonyl (C=O) groups is 1. The van der Waals surface area contributed by atoms with E-state index in [1.165, 1.54) is 10.6 Å². The fourth-order valence-electron chi connectivity index (χ4n) is 5.08. The van der Waals surface area contributed by atoms with Crippen LogP contribution in [0.4, 0.5) is 0 Å². The molecule has 47 heavy (non-hydrogen) atoms. The molecule has 4 aromatic carbocycles. The van der Waals surface area contributed by atoms with Crippen LogP contribution in [0.5, 0.6) is 23.0 Å². The number of methoxy groups -OCH3 is 4. The van der Waals surface area contributed by atoms with Gasteiger partial charge in [0.1, 0.15) is 23.0 Å². The van der Waals surface area contributed by atoms with E-state index in [0.717, 1.165) is 56.2 Å². The van der Waals surface area contributed by atoms with Gasteiger partial charge in [-0.3, -0.25) is 14.8 Å². The summed E-state index contributed by atoms with van der Waals surface area (Å²) in [5.41, 5.74) is 4.90. The summed E-state index contributed by atoms with van der Waals surface area (Å²) in [6, 6.07) is 29.7. The second-order valence-corrected chi connectivity index (χ2v) is 15.5. The number of benzene rings is 4. The maximum atomic E-state index is 11.9. The van der Waals surface area contributed by atoms with E-state index in [-0.39, 0.29) is 5.78 Å². The molecular formula is C38H42AlClN2O5. The number of fused-ring (bicyclic) bond motifs is 2. The van der Waals surface area contributed by atoms with Crippen LogP contribution in [0, 0.1) is 0 Å². The molecule has 0 atom stereocenters. The van der Waals surface area contributed by atoms with E-state index in [2.05, 4.69) is 36.7 Å². The summed E-state index contributed by atoms with van der Waals surface area (Å²) in [6.45, 7) is 5.90. The number of hydrogen-bond acceptors (Lipinski definition) is 5. The van der Waals surface area contributed by atoms with Crippen LogP contribution in [0.1, 0.15) is 31.1 Å². The van der Waals surface area contributed by atoms with E-state index >= 15 is 0 Å². The second-order valence-electron chi connectivity index (χ2n) is 10.8. The Morgan fingerprint density at radius 2 is 1.11 bits per heavy atom. The SMILES string of the molecule is COc1ccc(-n2cc(C(C)=O)c3cc(OC)ccc32)cc1.COc1ccc(-n2ccc3cc(OC)ccc32)cc1.C[CH2][Al]([Cl])[CH2]C. The zero-order chi connectivity index (χ0) is 33.9. The molecule has 0 aliphatic carbocycles. The van der Waals surface area contributed by atoms with E-state index in [9.17, 15) is 4.79 Å². The zero-order valence-corrected chi connectivity index (χ0v) is 30.0. The summed E-state index contributed by atoms with van der Waals surface area (Å²) in [5, 5.41) is 4.52. The van der Waals surface area contributed by atoms with Gasteiger partial charge in [0.25, 0.3) is 0 Å². The van der Waals surface area contributed by atoms with Crippen molar-refractivity contribution in [1.82, 2.24) is 9.13 Å². The normalized spacial score (nSPS) is 10.4. The molecule has 0 unspecified atom stereocenters. The molecule has 2 aromatic heterocycles. The monoisotopic (exact) mass is 668 g/mol. The lowest BCUT2D eigenvalue weighted by Gasteiger charge is -2.07. The van der Waals surface area contributed by atoms with Gasteiger partial charge in [-0.1, -0.05) is 24.4 Å². The van der Waals surface area contributed by atoms with Gasteiger partial charge in [-0.05, 0) is 97.9 Å². The van der Waals surface area contributed by atoms with Crippen molar-refractivity contribution < 1.29 is 23.7 Å². The third kappa shape index (κ3) is 8.72. The summed E-state index contributed by atoms with van der Waals surface area (Å²) in [4.78, 5) is 11.9. The Labute approximate surface area is 285 Å². The molecule has 0 aliphatic heterocycles. The Morgan fingerprint density at radius 1 is 0.638 bits per heavy atom. The first kappa shape index (κ1) is 35.5. The molecule has 7 nitrogen and oxygen atoms in total. The topological polar surface area (TPSA) is 63.8 Å². The van der Waals surface area contributed by atoms with Gasteiger partial charge in [-0.2, -0.15) is 0 Å². The van der Waals surface area contributed by atoms with Crippen molar-refractivity contribution in [2.75, 3.05) is 28.4 Å². The van der Waals surface area contributed by atoms with Crippen LogP contribution in [0.3, 0.4) is 0 Å². The minimum absolute atomic E-state index is 0.0329. The molecule has 6 aromatic rings. The highest BCUT2D eigenvalue weighted by Crippen LogP contribution is 2.30. The summed E-state index contributed by atoms with van der Waals surface area (Å²) in [7, 11) is 12.4. The van der Waals surface area contributed by atoms with Crippen molar-refractivity contribution in [3.8, 4) is 34.4 Å². The number of nitrogens with zero attached hydrogens (tertiary/aromatic N) is 2. The van der Waals surface area contributed by atoms with Gasteiger partial charge < -0.3 is 28.1 Å². The smallest absolute Gasteiger partial charge is 0.399 e. The van der Waals surface area contributed by atoms with Gasteiger partial charge >= 0.3 is 13.2 Å². The van der Waals surface area contributed by atoms with E-state index in [1.807, 2.05) is 89.6 Å². The van der Waals surface area contributed by atoms with Crippen molar-refractivity contribution in [3.05, 3.63) is 109 Å². The van der Waals surface area contributed by atoms with Crippen molar-refractivity contribution in [1.29, 1.82) is 0 Å². The van der Waals surface area contributed by atoms with Crippen LogP contribution in [0.25, 0.3) is 33.2 Å². The van der Waals surface area contributed by atoms with E-state index in [0.29, 0.717) is 5.56 Å². The molecule has 0 fully saturated rings. The van der Waals surface area contributed by atoms with Crippen LogP contribution in [0.2, 0.25) is 10.6 Å². The van der Waals surface area contributed by atoms with Crippen LogP contribution < -0.4 is 18.9 Å². The maximum absolute atomic E-state index is 11.9. The second kappa shape index (κ2) is 17.0. The van der Waals surface area contributed by atoms with Crippen molar-refractivity contribution in [3.63, 3.8) is 0 Å². The largest absolute Gasteiger partial charge is 0.497 e. The fourth-order valence-corrected chi connectivity index (χ4v) is 5.65. The lowest BCUT2D eigenvalue weighted by atomic mass is 10.1. The van der Waals surface area contributed by atoms with Crippen LogP contribution >= 0.6 is 10.0 Å². The summed E-state index contributed by atoms with van der Waals surface area (Å²) in [5.74, 6) is 3.31. The van der Waals surface area contributed by atoms with Gasteiger partial charge in [-0.25, -0.2) is 0 Å². The number of aromatic nitrogens is 2. The van der Waals surface area contributed by atoms with Gasteiger partial charge in [0.15, 0.2) is 5.78 Å². The third-order valence-electron chi connectivity index (χ3n) is 7.88. The van der Waals surface area contributed by atoms with Crippen LogP contribution in [0.15, 0.2) is 103 Å². The molecule has 0 saturated heterocycles. The number of ketones is 1. The van der Waals surface area contributed by atoms with Crippen molar-refractivity contribution in [2.24, 2.45) is 0 Å². The first-order valence-corrected chi connectivity index (χ1v) is 18.9. The molecule has 2 heterocycles. The lowest BCUT2D eigenvalue weighted by Crippen LogP contribution is -1.95. The number of ether oxygens (including phenoxy) is 4. The van der Waals surface area contributed by atoms with E-state index in [1.54, 1.807) is 35.4 Å². The van der Waals surface area contributed by atoms with Gasteiger partial charge in [0.05, 0.1) is 39.5 Å². The molecule has 9 heteroatoms. The minimum Gasteiger partial charge on any atom is -0.497 e. The Bertz CT molecular complexity index is 1890. The molecule has 244 valence electrons. The first-order valence-electron chi connectivity index (χ1n) is 15.5. The molecule has 0 radical (unpaired) electrons. The highest BCUT2D eigenvalue weighted by molar-refractivity contribution is 7.06. The minimum atomic E-state index is -0.688. The quantitative estimate of drug-likeness (QED) is 0.113. The molecule has 0 N–H and O–H groups in total. The molecular weight excluding hydrogens is 627 g/mol. The number of Topliss-reactive ketones (excluding diaryl/α,β-unsaturated/α-hetero) is 1. The van der Waals surface area contributed by atoms with Crippen LogP contribution in [-0.2, 0) is 0 Å². The van der Waals surface area contributed by atoms with Crippen molar-refractivity contribution >= 4 is 50.9 Å². The van der Waals surface area contributed by atoms with Gasteiger partial charge in [0.2, 0.25) is 0 Å². The molecule has 6 rings (SSSR count). The Hall–Kier alpha value is -4.35. The third-order valence-corrected chi connectivity index (χ3v) is 11.5. The Kier molecular flexibility index (Phi) is 12.8. The molecule has 0 amide bonds. The predicted octanol–water partition coefficient (Wildman–Crippen LogP) is 9.75. The highest BCUT2D eigenvalue weighted by Gasteiger charge is 2.14.